The Bertz CT molecular complexity index is 617. The first-order chi connectivity index (χ1) is 9.47. The highest BCUT2D eigenvalue weighted by molar-refractivity contribution is 6.31. The van der Waals surface area contributed by atoms with Crippen LogP contribution in [-0.2, 0) is 6.42 Å². The van der Waals surface area contributed by atoms with Gasteiger partial charge in [0.25, 0.3) is 0 Å². The van der Waals surface area contributed by atoms with Gasteiger partial charge in [0.1, 0.15) is 5.82 Å². The van der Waals surface area contributed by atoms with E-state index in [2.05, 4.69) is 13.8 Å². The lowest BCUT2D eigenvalue weighted by atomic mass is 9.98. The molecule has 0 spiro atoms. The van der Waals surface area contributed by atoms with Crippen molar-refractivity contribution in [3.05, 3.63) is 70.0 Å². The summed E-state index contributed by atoms with van der Waals surface area (Å²) in [5.74, 6) is -0.0167. The number of hydrogen-bond acceptors (Lipinski definition) is 1. The number of carbonyl (C=O) groups excluding carboxylic acids is 1. The Morgan fingerprint density at radius 2 is 1.80 bits per heavy atom. The minimum atomic E-state index is -0.382. The second-order valence-electron chi connectivity index (χ2n) is 5.11. The summed E-state index contributed by atoms with van der Waals surface area (Å²) >= 11 is 5.98. The Kier molecular flexibility index (Phi) is 4.56. The van der Waals surface area contributed by atoms with Crippen LogP contribution in [0.5, 0.6) is 0 Å². The van der Waals surface area contributed by atoms with E-state index < -0.39 is 0 Å². The molecule has 0 aliphatic heterocycles. The molecular weight excluding hydrogens is 275 g/mol. The molecule has 1 nitrogen and oxygen atoms in total. The smallest absolute Gasteiger partial charge is 0.167 e. The van der Waals surface area contributed by atoms with E-state index in [0.717, 1.165) is 0 Å². The minimum Gasteiger partial charge on any atom is -0.294 e. The predicted octanol–water partition coefficient (Wildman–Crippen LogP) is 5.03. The maximum atomic E-state index is 13.2. The van der Waals surface area contributed by atoms with Crippen molar-refractivity contribution >= 4 is 17.4 Å². The van der Waals surface area contributed by atoms with Gasteiger partial charge in [0.05, 0.1) is 0 Å². The van der Waals surface area contributed by atoms with E-state index in [4.69, 9.17) is 11.6 Å². The largest absolute Gasteiger partial charge is 0.294 e. The minimum absolute atomic E-state index is 0.0622. The zero-order chi connectivity index (χ0) is 14.7. The number of carbonyl (C=O) groups is 1. The topological polar surface area (TPSA) is 17.1 Å². The van der Waals surface area contributed by atoms with Gasteiger partial charge >= 0.3 is 0 Å². The number of halogens is 2. The molecule has 0 radical (unpaired) electrons. The second-order valence-corrected chi connectivity index (χ2v) is 5.52. The average molecular weight is 291 g/mol. The van der Waals surface area contributed by atoms with Crippen LogP contribution in [0.1, 0.15) is 41.3 Å². The van der Waals surface area contributed by atoms with E-state index in [9.17, 15) is 9.18 Å². The van der Waals surface area contributed by atoms with Gasteiger partial charge in [0.15, 0.2) is 5.78 Å². The molecule has 2 aromatic rings. The molecule has 0 aromatic heterocycles. The number of rotatable bonds is 4. The van der Waals surface area contributed by atoms with Crippen LogP contribution in [0.15, 0.2) is 42.5 Å². The van der Waals surface area contributed by atoms with Crippen LogP contribution in [0.3, 0.4) is 0 Å². The Hall–Kier alpha value is -1.67. The van der Waals surface area contributed by atoms with Crippen molar-refractivity contribution in [3.8, 4) is 0 Å². The second kappa shape index (κ2) is 6.19. The van der Waals surface area contributed by atoms with Gasteiger partial charge in [0, 0.05) is 17.0 Å². The summed E-state index contributed by atoms with van der Waals surface area (Å²) in [4.78, 5) is 12.2. The molecular formula is C17H16ClFO. The zero-order valence-electron chi connectivity index (χ0n) is 11.5. The molecule has 104 valence electrons. The summed E-state index contributed by atoms with van der Waals surface area (Å²) in [5.41, 5.74) is 2.32. The standard InChI is InChI=1S/C17H16ClFO/c1-11(2)12-3-5-13(6-4-12)17(20)10-14-9-15(19)7-8-16(14)18/h3-9,11H,10H2,1-2H3. The van der Waals surface area contributed by atoms with Gasteiger partial charge in [-0.3, -0.25) is 4.79 Å². The maximum absolute atomic E-state index is 13.2. The number of Topliss-reactive ketones (excluding diaryl/α,β-unsaturated/α-hetero) is 1. The van der Waals surface area contributed by atoms with Crippen molar-refractivity contribution in [2.24, 2.45) is 0 Å². The van der Waals surface area contributed by atoms with Crippen LogP contribution >= 0.6 is 11.6 Å². The Morgan fingerprint density at radius 1 is 1.15 bits per heavy atom. The lowest BCUT2D eigenvalue weighted by molar-refractivity contribution is 0.0993. The maximum Gasteiger partial charge on any atom is 0.167 e. The molecule has 0 atom stereocenters. The van der Waals surface area contributed by atoms with E-state index in [1.54, 1.807) is 0 Å². The molecule has 0 bridgehead atoms. The molecule has 0 aliphatic carbocycles. The molecule has 0 heterocycles. The molecule has 0 fully saturated rings. The average Bonchev–Trinajstić information content (AvgIpc) is 2.43. The first-order valence-electron chi connectivity index (χ1n) is 6.54. The van der Waals surface area contributed by atoms with Crippen LogP contribution in [-0.4, -0.2) is 5.78 Å². The molecule has 2 rings (SSSR count). The molecule has 3 heteroatoms. The monoisotopic (exact) mass is 290 g/mol. The van der Waals surface area contributed by atoms with E-state index in [-0.39, 0.29) is 18.0 Å². The predicted molar refractivity (Wildman–Crippen MR) is 80.0 cm³/mol. The summed E-state index contributed by atoms with van der Waals surface area (Å²) in [6.45, 7) is 4.20. The molecule has 0 unspecified atom stereocenters. The highest BCUT2D eigenvalue weighted by atomic mass is 35.5. The highest BCUT2D eigenvalue weighted by Gasteiger charge is 2.11. The van der Waals surface area contributed by atoms with Gasteiger partial charge in [0.2, 0.25) is 0 Å². The van der Waals surface area contributed by atoms with E-state index in [1.165, 1.54) is 23.8 Å². The number of benzene rings is 2. The summed E-state index contributed by atoms with van der Waals surface area (Å²) in [6.07, 6.45) is 0.109. The van der Waals surface area contributed by atoms with Crippen LogP contribution in [0.2, 0.25) is 5.02 Å². The fourth-order valence-corrected chi connectivity index (χ4v) is 2.19. The Labute approximate surface area is 123 Å². The van der Waals surface area contributed by atoms with E-state index >= 15 is 0 Å². The van der Waals surface area contributed by atoms with Crippen LogP contribution in [0.25, 0.3) is 0 Å². The number of ketones is 1. The van der Waals surface area contributed by atoms with Crippen molar-refractivity contribution < 1.29 is 9.18 Å². The van der Waals surface area contributed by atoms with Crippen LogP contribution in [0, 0.1) is 5.82 Å². The molecule has 0 aliphatic rings. The summed E-state index contributed by atoms with van der Waals surface area (Å²) in [6, 6.07) is 11.6. The summed E-state index contributed by atoms with van der Waals surface area (Å²) in [7, 11) is 0. The fraction of sp³-hybridized carbons (Fsp3) is 0.235. The lowest BCUT2D eigenvalue weighted by Crippen LogP contribution is -2.04. The van der Waals surface area contributed by atoms with Crippen molar-refractivity contribution in [1.82, 2.24) is 0 Å². The van der Waals surface area contributed by atoms with Gasteiger partial charge in [-0.15, -0.1) is 0 Å². The van der Waals surface area contributed by atoms with Gasteiger partial charge in [-0.1, -0.05) is 49.7 Å². The van der Waals surface area contributed by atoms with Gasteiger partial charge in [-0.2, -0.15) is 0 Å². The Balaban J connectivity index is 2.17. The Morgan fingerprint density at radius 3 is 2.40 bits per heavy atom. The van der Waals surface area contributed by atoms with Crippen LogP contribution in [0.4, 0.5) is 4.39 Å². The third-order valence-electron chi connectivity index (χ3n) is 3.26. The quantitative estimate of drug-likeness (QED) is 0.722. The van der Waals surface area contributed by atoms with Gasteiger partial charge in [-0.05, 0) is 35.2 Å². The summed E-state index contributed by atoms with van der Waals surface area (Å²) in [5, 5.41) is 0.415. The molecule has 0 amide bonds. The molecule has 20 heavy (non-hydrogen) atoms. The third kappa shape index (κ3) is 3.45. The number of hydrogen-bond donors (Lipinski definition) is 0. The first-order valence-corrected chi connectivity index (χ1v) is 6.92. The lowest BCUT2D eigenvalue weighted by Gasteiger charge is -2.07. The van der Waals surface area contributed by atoms with Crippen molar-refractivity contribution in [2.45, 2.75) is 26.2 Å². The molecule has 0 saturated heterocycles. The van der Waals surface area contributed by atoms with Crippen molar-refractivity contribution in [2.75, 3.05) is 0 Å². The summed E-state index contributed by atoms with van der Waals surface area (Å²) < 4.78 is 13.2. The van der Waals surface area contributed by atoms with Crippen LogP contribution < -0.4 is 0 Å². The normalized spacial score (nSPS) is 10.8. The first kappa shape index (κ1) is 14.7. The van der Waals surface area contributed by atoms with Crippen molar-refractivity contribution in [3.63, 3.8) is 0 Å². The fourth-order valence-electron chi connectivity index (χ4n) is 2.01. The van der Waals surface area contributed by atoms with Gasteiger partial charge in [-0.25, -0.2) is 4.39 Å². The van der Waals surface area contributed by atoms with Gasteiger partial charge < -0.3 is 0 Å². The van der Waals surface area contributed by atoms with E-state index in [1.807, 2.05) is 24.3 Å². The SMILES string of the molecule is CC(C)c1ccc(C(=O)Cc2cc(F)ccc2Cl)cc1. The molecule has 2 aromatic carbocycles. The molecule has 0 saturated carbocycles. The third-order valence-corrected chi connectivity index (χ3v) is 3.63. The van der Waals surface area contributed by atoms with Crippen molar-refractivity contribution in [1.29, 1.82) is 0 Å². The van der Waals surface area contributed by atoms with E-state index in [0.29, 0.717) is 22.1 Å². The highest BCUT2D eigenvalue weighted by Crippen LogP contribution is 2.20. The molecule has 0 N–H and O–H groups in total. The zero-order valence-corrected chi connectivity index (χ0v) is 12.2.